The van der Waals surface area contributed by atoms with Crippen molar-refractivity contribution in [2.75, 3.05) is 0 Å². The molecule has 0 saturated heterocycles. The maximum absolute atomic E-state index is 14.0. The van der Waals surface area contributed by atoms with E-state index in [1.165, 1.54) is 12.5 Å². The van der Waals surface area contributed by atoms with Gasteiger partial charge in [-0.3, -0.25) is 19.2 Å². The lowest BCUT2D eigenvalue weighted by molar-refractivity contribution is -0.133. The van der Waals surface area contributed by atoms with Gasteiger partial charge in [-0.15, -0.1) is 0 Å². The molecule has 3 aromatic carbocycles. The van der Waals surface area contributed by atoms with E-state index in [-0.39, 0.29) is 24.3 Å². The van der Waals surface area contributed by atoms with Crippen molar-refractivity contribution in [2.24, 2.45) is 5.92 Å². The van der Waals surface area contributed by atoms with Crippen molar-refractivity contribution >= 4 is 29.7 Å². The zero-order valence-corrected chi connectivity index (χ0v) is 27.5. The minimum absolute atomic E-state index is 0.0857. The fraction of sp³-hybridized carbons (Fsp3) is 0.385. The number of amides is 4. The van der Waals surface area contributed by atoms with E-state index in [1.54, 1.807) is 6.08 Å². The Morgan fingerprint density at radius 2 is 1.13 bits per heavy atom. The number of rotatable bonds is 15. The smallest absolute Gasteiger partial charge is 0.244 e. The second-order valence-electron chi connectivity index (χ2n) is 12.8. The van der Waals surface area contributed by atoms with Crippen LogP contribution in [0.5, 0.6) is 0 Å². The first-order valence-corrected chi connectivity index (χ1v) is 16.8. The van der Waals surface area contributed by atoms with Crippen LogP contribution in [0.25, 0.3) is 6.08 Å². The lowest BCUT2D eigenvalue weighted by Gasteiger charge is -2.28. The zero-order chi connectivity index (χ0) is 33.4. The van der Waals surface area contributed by atoms with E-state index in [0.717, 1.165) is 42.4 Å². The monoisotopic (exact) mass is 636 g/mol. The number of hydrogen-bond donors (Lipinski definition) is 4. The third-order valence-corrected chi connectivity index (χ3v) is 8.35. The minimum atomic E-state index is -0.975. The van der Waals surface area contributed by atoms with Crippen LogP contribution in [-0.4, -0.2) is 47.8 Å². The molecular weight excluding hydrogens is 588 g/mol. The van der Waals surface area contributed by atoms with Crippen LogP contribution in [0.2, 0.25) is 0 Å². The van der Waals surface area contributed by atoms with Gasteiger partial charge >= 0.3 is 0 Å². The summed E-state index contributed by atoms with van der Waals surface area (Å²) in [5.41, 5.74) is 2.64. The van der Waals surface area contributed by atoms with Gasteiger partial charge in [0.15, 0.2) is 0 Å². The quantitative estimate of drug-likeness (QED) is 0.173. The van der Waals surface area contributed by atoms with Crippen LogP contribution in [0.3, 0.4) is 0 Å². The molecule has 0 spiro atoms. The largest absolute Gasteiger partial charge is 0.352 e. The van der Waals surface area contributed by atoms with E-state index in [9.17, 15) is 19.2 Å². The predicted molar refractivity (Wildman–Crippen MR) is 186 cm³/mol. The molecule has 3 atom stereocenters. The van der Waals surface area contributed by atoms with Crippen molar-refractivity contribution in [1.29, 1.82) is 0 Å². The Morgan fingerprint density at radius 1 is 0.638 bits per heavy atom. The second kappa shape index (κ2) is 18.4. The summed E-state index contributed by atoms with van der Waals surface area (Å²) < 4.78 is 0. The van der Waals surface area contributed by atoms with Crippen LogP contribution in [0.4, 0.5) is 0 Å². The predicted octanol–water partition coefficient (Wildman–Crippen LogP) is 5.13. The second-order valence-corrected chi connectivity index (χ2v) is 12.8. The van der Waals surface area contributed by atoms with Gasteiger partial charge in [-0.2, -0.15) is 0 Å². The fourth-order valence-corrected chi connectivity index (χ4v) is 5.87. The average Bonchev–Trinajstić information content (AvgIpc) is 3.08. The zero-order valence-electron chi connectivity index (χ0n) is 27.5. The molecule has 0 aromatic heterocycles. The Morgan fingerprint density at radius 3 is 1.66 bits per heavy atom. The van der Waals surface area contributed by atoms with E-state index in [2.05, 4.69) is 21.3 Å². The Hall–Kier alpha value is -4.72. The number of hydrogen-bond acceptors (Lipinski definition) is 4. The molecule has 0 aliphatic heterocycles. The maximum atomic E-state index is 14.0. The van der Waals surface area contributed by atoms with Gasteiger partial charge in [0, 0.05) is 25.0 Å². The highest BCUT2D eigenvalue weighted by Crippen LogP contribution is 2.18. The molecule has 1 aliphatic carbocycles. The molecule has 3 aromatic rings. The molecule has 248 valence electrons. The average molecular weight is 637 g/mol. The van der Waals surface area contributed by atoms with Gasteiger partial charge in [0.05, 0.1) is 0 Å². The summed E-state index contributed by atoms with van der Waals surface area (Å²) in [6.45, 7) is 3.94. The van der Waals surface area contributed by atoms with Gasteiger partial charge in [-0.1, -0.05) is 124 Å². The molecular formula is C39H48N4O4. The number of benzene rings is 3. The van der Waals surface area contributed by atoms with Crippen LogP contribution in [0.15, 0.2) is 97.1 Å². The molecule has 0 radical (unpaired) electrons. The first-order valence-electron chi connectivity index (χ1n) is 16.8. The summed E-state index contributed by atoms with van der Waals surface area (Å²) in [5, 5.41) is 11.9. The highest BCUT2D eigenvalue weighted by atomic mass is 16.2. The topological polar surface area (TPSA) is 116 Å². The third-order valence-electron chi connectivity index (χ3n) is 8.35. The normalized spacial score (nSPS) is 15.4. The third kappa shape index (κ3) is 12.2. The van der Waals surface area contributed by atoms with Crippen molar-refractivity contribution in [3.05, 3.63) is 114 Å². The van der Waals surface area contributed by atoms with Gasteiger partial charge < -0.3 is 21.3 Å². The molecule has 1 aliphatic rings. The van der Waals surface area contributed by atoms with Crippen molar-refractivity contribution < 1.29 is 19.2 Å². The number of carbonyl (C=O) groups excluding carboxylic acids is 4. The molecule has 47 heavy (non-hydrogen) atoms. The molecule has 0 unspecified atom stereocenters. The Kier molecular flexibility index (Phi) is 13.8. The summed E-state index contributed by atoms with van der Waals surface area (Å²) in [6, 6.07) is 25.9. The van der Waals surface area contributed by atoms with Crippen LogP contribution >= 0.6 is 0 Å². The van der Waals surface area contributed by atoms with Crippen LogP contribution in [0.1, 0.15) is 69.1 Å². The molecule has 1 saturated carbocycles. The lowest BCUT2D eigenvalue weighted by atomic mass is 9.95. The Balaban J connectivity index is 1.51. The molecule has 8 heteroatoms. The number of nitrogens with one attached hydrogen (secondary N) is 4. The van der Waals surface area contributed by atoms with Crippen LogP contribution in [0, 0.1) is 5.92 Å². The standard InChI is InChI=1S/C39H48N4O4/c1-28(2)25-33(41-36(44)24-23-29-15-7-3-8-16-29)38(46)43-35(27-31-19-11-5-12-20-31)39(47)42-34(26-30-17-9-4-10-18-30)37(45)40-32-21-13-6-14-22-32/h3-5,7-12,15-20,23-24,28,32-35H,6,13-14,21-22,25-27H2,1-2H3,(H,40,45)(H,41,44)(H,42,47)(H,43,46)/b24-23+/t33-,34-,35-/m0/s1. The molecule has 4 N–H and O–H groups in total. The SMILES string of the molecule is CC(C)C[C@H](NC(=O)/C=C/c1ccccc1)C(=O)N[C@@H](Cc1ccccc1)C(=O)N[C@@H](Cc1ccccc1)C(=O)NC1CCCCC1. The van der Waals surface area contributed by atoms with Crippen molar-refractivity contribution in [2.45, 2.75) is 89.4 Å². The highest BCUT2D eigenvalue weighted by Gasteiger charge is 2.31. The molecule has 1 fully saturated rings. The molecule has 4 amide bonds. The Labute approximate surface area is 278 Å². The fourth-order valence-electron chi connectivity index (χ4n) is 5.87. The van der Waals surface area contributed by atoms with E-state index in [0.29, 0.717) is 12.8 Å². The maximum Gasteiger partial charge on any atom is 0.244 e. The molecule has 4 rings (SSSR count). The van der Waals surface area contributed by atoms with Gasteiger partial charge in [-0.25, -0.2) is 0 Å². The van der Waals surface area contributed by atoms with Gasteiger partial charge in [-0.05, 0) is 47.9 Å². The highest BCUT2D eigenvalue weighted by molar-refractivity contribution is 5.97. The van der Waals surface area contributed by atoms with Crippen LogP contribution in [-0.2, 0) is 32.0 Å². The van der Waals surface area contributed by atoms with Gasteiger partial charge in [0.25, 0.3) is 0 Å². The van der Waals surface area contributed by atoms with Crippen molar-refractivity contribution in [3.63, 3.8) is 0 Å². The van der Waals surface area contributed by atoms with Crippen molar-refractivity contribution in [3.8, 4) is 0 Å². The number of carbonyl (C=O) groups is 4. The Bertz CT molecular complexity index is 1450. The minimum Gasteiger partial charge on any atom is -0.352 e. The van der Waals surface area contributed by atoms with Crippen LogP contribution < -0.4 is 21.3 Å². The summed E-state index contributed by atoms with van der Waals surface area (Å²) in [7, 11) is 0. The molecule has 8 nitrogen and oxygen atoms in total. The van der Waals surface area contributed by atoms with Gasteiger partial charge in [0.2, 0.25) is 23.6 Å². The van der Waals surface area contributed by atoms with E-state index in [4.69, 9.17) is 0 Å². The van der Waals surface area contributed by atoms with E-state index >= 15 is 0 Å². The molecule has 0 bridgehead atoms. The molecule has 0 heterocycles. The summed E-state index contributed by atoms with van der Waals surface area (Å²) >= 11 is 0. The first kappa shape index (κ1) is 35.1. The summed E-state index contributed by atoms with van der Waals surface area (Å²) in [6.07, 6.45) is 9.18. The first-order chi connectivity index (χ1) is 22.8. The van der Waals surface area contributed by atoms with Gasteiger partial charge in [0.1, 0.15) is 18.1 Å². The van der Waals surface area contributed by atoms with E-state index < -0.39 is 35.8 Å². The summed E-state index contributed by atoms with van der Waals surface area (Å²) in [4.78, 5) is 54.2. The summed E-state index contributed by atoms with van der Waals surface area (Å²) in [5.74, 6) is -1.44. The van der Waals surface area contributed by atoms with Crippen molar-refractivity contribution in [1.82, 2.24) is 21.3 Å². The lowest BCUT2D eigenvalue weighted by Crippen LogP contribution is -2.58. The van der Waals surface area contributed by atoms with E-state index in [1.807, 2.05) is 105 Å².